The molecule has 0 amide bonds. The first kappa shape index (κ1) is 10.6. The third-order valence-corrected chi connectivity index (χ3v) is 1.64. The van der Waals surface area contributed by atoms with Crippen LogP contribution in [0, 0.1) is 6.42 Å². The molecule has 1 heterocycles. The molecule has 60 valence electrons. The van der Waals surface area contributed by atoms with Gasteiger partial charge in [-0.2, -0.15) is 0 Å². The maximum atomic E-state index is 9.18. The first-order valence-corrected chi connectivity index (χ1v) is 3.42. The summed E-state index contributed by atoms with van der Waals surface area (Å²) in [7, 11) is 0. The Bertz CT molecular complexity index is 97.6. The molecule has 1 fully saturated rings. The number of hydrogen-bond donors (Lipinski definition) is 1. The Labute approximate surface area is 76.2 Å². The van der Waals surface area contributed by atoms with Gasteiger partial charge in [0.05, 0.1) is 6.10 Å². The summed E-state index contributed by atoms with van der Waals surface area (Å²) in [5.74, 6) is 0. The predicted octanol–water partition coefficient (Wildman–Crippen LogP) is 0.746. The molecule has 0 aromatic heterocycles. The molecular formula is C7H13O2W-. The van der Waals surface area contributed by atoms with Crippen LogP contribution in [0.5, 0.6) is 0 Å². The molecular weight excluding hydrogens is 300 g/mol. The standard InChI is InChI=1S/C7H13O2.W/c1-3-7-6(8)4-5(2)9-7;/h4-8H,3H2,1-2H3;/q-1;. The molecule has 0 aromatic carbocycles. The van der Waals surface area contributed by atoms with Gasteiger partial charge >= 0.3 is 0 Å². The molecule has 1 aliphatic heterocycles. The van der Waals surface area contributed by atoms with E-state index in [1.54, 1.807) is 0 Å². The summed E-state index contributed by atoms with van der Waals surface area (Å²) in [5.41, 5.74) is 0. The number of aliphatic hydroxyl groups excluding tert-OH is 1. The number of ether oxygens (including phenoxy) is 1. The van der Waals surface area contributed by atoms with Crippen molar-refractivity contribution in [1.82, 2.24) is 0 Å². The van der Waals surface area contributed by atoms with E-state index in [-0.39, 0.29) is 39.4 Å². The molecule has 2 nitrogen and oxygen atoms in total. The van der Waals surface area contributed by atoms with Crippen LogP contribution in [0.25, 0.3) is 0 Å². The largest absolute Gasteiger partial charge is 0.422 e. The predicted molar refractivity (Wildman–Crippen MR) is 34.9 cm³/mol. The average Bonchev–Trinajstić information content (AvgIpc) is 2.10. The fourth-order valence-corrected chi connectivity index (χ4v) is 1.14. The fourth-order valence-electron chi connectivity index (χ4n) is 1.14. The molecule has 3 unspecified atom stereocenters. The maximum Gasteiger partial charge on any atom is 0.0520 e. The summed E-state index contributed by atoms with van der Waals surface area (Å²) >= 11 is 0. The van der Waals surface area contributed by atoms with Crippen LogP contribution in [0.1, 0.15) is 20.3 Å². The quantitative estimate of drug-likeness (QED) is 0.724. The summed E-state index contributed by atoms with van der Waals surface area (Å²) in [4.78, 5) is 0. The molecule has 3 atom stereocenters. The van der Waals surface area contributed by atoms with E-state index in [0.29, 0.717) is 0 Å². The van der Waals surface area contributed by atoms with Crippen LogP contribution in [0.4, 0.5) is 0 Å². The third-order valence-electron chi connectivity index (χ3n) is 1.64. The summed E-state index contributed by atoms with van der Waals surface area (Å²) < 4.78 is 5.32. The Morgan fingerprint density at radius 2 is 2.20 bits per heavy atom. The average molecular weight is 313 g/mol. The summed E-state index contributed by atoms with van der Waals surface area (Å²) in [5, 5.41) is 9.18. The molecule has 1 aliphatic rings. The van der Waals surface area contributed by atoms with Gasteiger partial charge in [0, 0.05) is 21.1 Å². The van der Waals surface area contributed by atoms with Crippen LogP contribution in [0.15, 0.2) is 0 Å². The zero-order chi connectivity index (χ0) is 6.85. The molecule has 0 spiro atoms. The first-order chi connectivity index (χ1) is 4.24. The SMILES string of the molecule is CCC1OC(C)[CH-]C1O.[W]. The molecule has 1 N–H and O–H groups in total. The van der Waals surface area contributed by atoms with Crippen molar-refractivity contribution >= 4 is 0 Å². The van der Waals surface area contributed by atoms with Crippen LogP contribution in [0.2, 0.25) is 0 Å². The molecule has 1 rings (SSSR count). The minimum atomic E-state index is -0.343. The van der Waals surface area contributed by atoms with Crippen LogP contribution in [-0.2, 0) is 25.8 Å². The van der Waals surface area contributed by atoms with E-state index >= 15 is 0 Å². The van der Waals surface area contributed by atoms with Crippen molar-refractivity contribution in [3.8, 4) is 0 Å². The number of hydrogen-bond acceptors (Lipinski definition) is 2. The summed E-state index contributed by atoms with van der Waals surface area (Å²) in [6.45, 7) is 3.96. The van der Waals surface area contributed by atoms with Gasteiger partial charge in [0.1, 0.15) is 0 Å². The molecule has 1 saturated heterocycles. The van der Waals surface area contributed by atoms with Crippen LogP contribution in [0.3, 0.4) is 0 Å². The van der Waals surface area contributed by atoms with Crippen LogP contribution in [-0.4, -0.2) is 23.4 Å². The van der Waals surface area contributed by atoms with Gasteiger partial charge < -0.3 is 9.84 Å². The summed E-state index contributed by atoms with van der Waals surface area (Å²) in [6.07, 6.45) is 2.55. The smallest absolute Gasteiger partial charge is 0.0520 e. The van der Waals surface area contributed by atoms with Crippen molar-refractivity contribution in [2.24, 2.45) is 0 Å². The molecule has 0 saturated carbocycles. The normalized spacial score (nSPS) is 39.3. The van der Waals surface area contributed by atoms with Gasteiger partial charge in [-0.1, -0.05) is 20.0 Å². The Balaban J connectivity index is 0.000000810. The van der Waals surface area contributed by atoms with Crippen molar-refractivity contribution in [2.75, 3.05) is 0 Å². The van der Waals surface area contributed by atoms with Crippen molar-refractivity contribution in [3.05, 3.63) is 6.42 Å². The molecule has 0 bridgehead atoms. The van der Waals surface area contributed by atoms with Crippen molar-refractivity contribution in [1.29, 1.82) is 0 Å². The van der Waals surface area contributed by atoms with E-state index in [0.717, 1.165) is 6.42 Å². The first-order valence-electron chi connectivity index (χ1n) is 3.42. The zero-order valence-corrected chi connectivity index (χ0v) is 9.21. The van der Waals surface area contributed by atoms with E-state index in [1.165, 1.54) is 0 Å². The van der Waals surface area contributed by atoms with E-state index in [2.05, 4.69) is 0 Å². The van der Waals surface area contributed by atoms with Gasteiger partial charge in [0.15, 0.2) is 0 Å². The molecule has 0 aromatic rings. The van der Waals surface area contributed by atoms with E-state index in [4.69, 9.17) is 4.74 Å². The van der Waals surface area contributed by atoms with Crippen molar-refractivity contribution in [3.63, 3.8) is 0 Å². The molecule has 0 aliphatic carbocycles. The van der Waals surface area contributed by atoms with Gasteiger partial charge in [0.25, 0.3) is 0 Å². The van der Waals surface area contributed by atoms with Crippen LogP contribution < -0.4 is 0 Å². The molecule has 10 heavy (non-hydrogen) atoms. The van der Waals surface area contributed by atoms with Gasteiger partial charge in [-0.05, 0) is 12.5 Å². The Morgan fingerprint density at radius 1 is 1.60 bits per heavy atom. The molecule has 0 radical (unpaired) electrons. The van der Waals surface area contributed by atoms with Gasteiger partial charge in [-0.15, -0.1) is 0 Å². The number of aliphatic hydroxyl groups is 1. The van der Waals surface area contributed by atoms with Crippen LogP contribution >= 0.6 is 0 Å². The molecule has 3 heteroatoms. The Kier molecular flexibility index (Phi) is 4.75. The van der Waals surface area contributed by atoms with Crippen molar-refractivity contribution < 1.29 is 30.9 Å². The second-order valence-electron chi connectivity index (χ2n) is 2.47. The Morgan fingerprint density at radius 3 is 2.40 bits per heavy atom. The Hall–Kier alpha value is 0.608. The second kappa shape index (κ2) is 4.48. The summed E-state index contributed by atoms with van der Waals surface area (Å²) in [6, 6.07) is 0. The maximum absolute atomic E-state index is 9.18. The third kappa shape index (κ3) is 2.34. The van der Waals surface area contributed by atoms with Gasteiger partial charge in [0.2, 0.25) is 0 Å². The zero-order valence-electron chi connectivity index (χ0n) is 6.28. The van der Waals surface area contributed by atoms with E-state index in [1.807, 2.05) is 20.3 Å². The van der Waals surface area contributed by atoms with E-state index < -0.39 is 0 Å². The topological polar surface area (TPSA) is 29.5 Å². The minimum Gasteiger partial charge on any atom is -0.422 e. The fraction of sp³-hybridized carbons (Fsp3) is 0.857. The van der Waals surface area contributed by atoms with Gasteiger partial charge in [-0.25, -0.2) is 0 Å². The van der Waals surface area contributed by atoms with E-state index in [9.17, 15) is 5.11 Å². The minimum absolute atomic E-state index is 0. The monoisotopic (exact) mass is 313 g/mol. The van der Waals surface area contributed by atoms with Gasteiger partial charge in [-0.3, -0.25) is 6.42 Å². The van der Waals surface area contributed by atoms with Crippen molar-refractivity contribution in [2.45, 2.75) is 38.6 Å². The number of rotatable bonds is 1. The second-order valence-corrected chi connectivity index (χ2v) is 2.47.